The molecular weight excluding hydrogens is 1030 g/mol. The number of hydrogen-bond donors (Lipinski definition) is 2. The van der Waals surface area contributed by atoms with E-state index in [2.05, 4.69) is 11.8 Å². The van der Waals surface area contributed by atoms with Crippen LogP contribution in [0.25, 0.3) is 43.1 Å². The first-order valence-electron chi connectivity index (χ1n) is 24.3. The van der Waals surface area contributed by atoms with Gasteiger partial charge in [0, 0.05) is 33.5 Å². The Morgan fingerprint density at radius 2 is 1.03 bits per heavy atom. The van der Waals surface area contributed by atoms with Gasteiger partial charge in [-0.2, -0.15) is 25.3 Å². The van der Waals surface area contributed by atoms with Crippen molar-refractivity contribution in [2.75, 3.05) is 11.5 Å². The summed E-state index contributed by atoms with van der Waals surface area (Å²) >= 11 is 0. The third-order valence-electron chi connectivity index (χ3n) is 13.5. The third kappa shape index (κ3) is 9.53. The summed E-state index contributed by atoms with van der Waals surface area (Å²) < 4.78 is 112. The van der Waals surface area contributed by atoms with Gasteiger partial charge in [-0.3, -0.25) is 22.9 Å². The number of imide groups is 1. The van der Waals surface area contributed by atoms with Gasteiger partial charge in [0.05, 0.1) is 38.1 Å². The van der Waals surface area contributed by atoms with Gasteiger partial charge in [-0.1, -0.05) is 99.7 Å². The molecule has 0 unspecified atom stereocenters. The molecule has 1 aliphatic heterocycles. The molecule has 0 aliphatic carbocycles. The van der Waals surface area contributed by atoms with Gasteiger partial charge >= 0.3 is 0 Å². The maximum atomic E-state index is 15.5. The summed E-state index contributed by atoms with van der Waals surface area (Å²) in [6, 6.07) is 34.9. The molecule has 0 atom stereocenters. The monoisotopic (exact) mass is 1080 g/mol. The smallest absolute Gasteiger partial charge is 0.296 e. The van der Waals surface area contributed by atoms with Crippen molar-refractivity contribution < 1.29 is 57.6 Å². The SMILES string of the molecule is Cc1ccc(S(=O)(=O)OCCCCC#Cc2ccc3c4c(Oc5ccc(S(=O)(=O)O)cc5)cc5c6c(cc(Oc7ccc(S(=O)(=O)O)cc7)c(c7cccc2c73)c64)C(=O)N(c2c(C(C)C)cccc2C(C)C)C5=O)cc1. The van der Waals surface area contributed by atoms with Gasteiger partial charge in [0.25, 0.3) is 42.2 Å². The zero-order chi connectivity index (χ0) is 54.0. The summed E-state index contributed by atoms with van der Waals surface area (Å²) in [6.07, 6.45) is 1.40. The number of fused-ring (bicyclic) bond motifs is 2. The predicted octanol–water partition coefficient (Wildman–Crippen LogP) is 13.1. The number of ether oxygens (including phenoxy) is 2. The van der Waals surface area contributed by atoms with Gasteiger partial charge < -0.3 is 9.47 Å². The van der Waals surface area contributed by atoms with Crippen LogP contribution in [0.4, 0.5) is 5.69 Å². The molecule has 1 heterocycles. The highest BCUT2D eigenvalue weighted by atomic mass is 32.2. The summed E-state index contributed by atoms with van der Waals surface area (Å²) in [6.45, 7) is 9.78. The average molecular weight is 1080 g/mol. The number of rotatable bonds is 15. The summed E-state index contributed by atoms with van der Waals surface area (Å²) in [5, 5.41) is 4.40. The van der Waals surface area contributed by atoms with E-state index < -0.39 is 42.2 Å². The fourth-order valence-electron chi connectivity index (χ4n) is 9.89. The Labute approximate surface area is 439 Å². The number of unbranched alkanes of at least 4 members (excludes halogenated alkanes) is 2. The van der Waals surface area contributed by atoms with Crippen LogP contribution >= 0.6 is 0 Å². The van der Waals surface area contributed by atoms with Crippen LogP contribution in [0.5, 0.6) is 23.0 Å². The van der Waals surface area contributed by atoms with Crippen LogP contribution in [0.2, 0.25) is 0 Å². The van der Waals surface area contributed by atoms with Gasteiger partial charge in [-0.15, -0.1) is 0 Å². The van der Waals surface area contributed by atoms with Crippen LogP contribution in [0, 0.1) is 18.8 Å². The standard InChI is InChI=1S/C59H49NO13S3/c1-34(2)43-13-10-14-44(35(3)4)57(43)60-58(61)48-32-50(72-38-20-26-40(27-21-38)74(63,64)65)54-46-16-11-15-45-37(12-8-6-7-9-31-71-76(69,70)42-24-17-36(5)18-25-42)19-30-47(52(45)46)55-51(33-49(59(60)62)53(48)56(54)55)73-39-22-28-41(29-23-39)75(66,67)68/h10-11,13-30,32-35H,6-7,9,31H2,1-5H3,(H,63,64,65)(H,66,67,68). The van der Waals surface area contributed by atoms with E-state index in [4.69, 9.17) is 13.7 Å². The number of amides is 2. The molecule has 2 amide bonds. The second-order valence-electron chi connectivity index (χ2n) is 19.2. The molecule has 0 bridgehead atoms. The van der Waals surface area contributed by atoms with Gasteiger partial charge in [0.1, 0.15) is 23.0 Å². The molecule has 76 heavy (non-hydrogen) atoms. The van der Waals surface area contributed by atoms with Crippen molar-refractivity contribution >= 4 is 90.9 Å². The molecule has 17 heteroatoms. The topological polar surface area (TPSA) is 208 Å². The Hall–Kier alpha value is -7.69. The van der Waals surface area contributed by atoms with Crippen molar-refractivity contribution in [2.24, 2.45) is 0 Å². The molecule has 2 N–H and O–H groups in total. The van der Waals surface area contributed by atoms with Crippen molar-refractivity contribution in [3.8, 4) is 34.8 Å². The highest BCUT2D eigenvalue weighted by Gasteiger charge is 2.40. The maximum absolute atomic E-state index is 15.5. The molecule has 0 fully saturated rings. The second-order valence-corrected chi connectivity index (χ2v) is 23.7. The Balaban J connectivity index is 1.18. The molecule has 9 aromatic rings. The van der Waals surface area contributed by atoms with Crippen LogP contribution in [0.15, 0.2) is 148 Å². The number of aryl methyl sites for hydroxylation is 1. The fraction of sp³-hybridized carbons (Fsp3) is 0.186. The molecule has 0 aromatic heterocycles. The van der Waals surface area contributed by atoms with Gasteiger partial charge in [-0.05, 0) is 143 Å². The zero-order valence-electron chi connectivity index (χ0n) is 41.7. The second kappa shape index (κ2) is 19.8. The Morgan fingerprint density at radius 3 is 1.54 bits per heavy atom. The summed E-state index contributed by atoms with van der Waals surface area (Å²) in [7, 11) is -13.1. The van der Waals surface area contributed by atoms with Crippen LogP contribution in [0.3, 0.4) is 0 Å². The first-order chi connectivity index (χ1) is 36.1. The van der Waals surface area contributed by atoms with E-state index in [1.54, 1.807) is 24.3 Å². The summed E-state index contributed by atoms with van der Waals surface area (Å²) in [5.41, 5.74) is 3.84. The molecule has 0 spiro atoms. The molecule has 386 valence electrons. The van der Waals surface area contributed by atoms with Gasteiger partial charge in [0.15, 0.2) is 0 Å². The zero-order valence-corrected chi connectivity index (χ0v) is 44.2. The quantitative estimate of drug-likeness (QED) is 0.0186. The van der Waals surface area contributed by atoms with Gasteiger partial charge in [-0.25, -0.2) is 4.90 Å². The van der Waals surface area contributed by atoms with E-state index >= 15 is 9.59 Å². The highest BCUT2D eigenvalue weighted by Crippen LogP contribution is 2.53. The Kier molecular flexibility index (Phi) is 13.5. The highest BCUT2D eigenvalue weighted by molar-refractivity contribution is 7.87. The van der Waals surface area contributed by atoms with Gasteiger partial charge in [0.2, 0.25) is 0 Å². The van der Waals surface area contributed by atoms with Crippen LogP contribution in [0.1, 0.15) is 102 Å². The molecular formula is C59H49NO13S3. The number of hydrogen-bond acceptors (Lipinski definition) is 11. The lowest BCUT2D eigenvalue weighted by Gasteiger charge is -2.33. The lowest BCUT2D eigenvalue weighted by molar-refractivity contribution is 0.0892. The number of nitrogens with zero attached hydrogens (tertiary/aromatic N) is 1. The minimum atomic E-state index is -4.57. The number of para-hydroxylation sites is 1. The van der Waals surface area contributed by atoms with E-state index in [1.807, 2.05) is 83.1 Å². The lowest BCUT2D eigenvalue weighted by Crippen LogP contribution is -2.42. The minimum absolute atomic E-state index is 0.0170. The maximum Gasteiger partial charge on any atom is 0.296 e. The predicted molar refractivity (Wildman–Crippen MR) is 291 cm³/mol. The third-order valence-corrected chi connectivity index (χ3v) is 16.6. The first-order valence-corrected chi connectivity index (χ1v) is 28.6. The molecule has 0 saturated heterocycles. The molecule has 9 aromatic carbocycles. The van der Waals surface area contributed by atoms with Crippen molar-refractivity contribution in [3.05, 3.63) is 167 Å². The van der Waals surface area contributed by atoms with Crippen LogP contribution in [-0.4, -0.2) is 52.8 Å². The fourth-order valence-corrected chi connectivity index (χ4v) is 11.8. The van der Waals surface area contributed by atoms with Crippen molar-refractivity contribution in [3.63, 3.8) is 0 Å². The molecule has 10 rings (SSSR count). The number of anilines is 1. The number of carbonyl (C=O) groups excluding carboxylic acids is 2. The van der Waals surface area contributed by atoms with Crippen LogP contribution in [-0.2, 0) is 34.5 Å². The van der Waals surface area contributed by atoms with Crippen LogP contribution < -0.4 is 14.4 Å². The lowest BCUT2D eigenvalue weighted by atomic mass is 9.82. The van der Waals surface area contributed by atoms with E-state index in [0.29, 0.717) is 68.2 Å². The Morgan fingerprint density at radius 1 is 0.539 bits per heavy atom. The molecule has 14 nitrogen and oxygen atoms in total. The van der Waals surface area contributed by atoms with E-state index in [-0.39, 0.29) is 67.3 Å². The number of carbonyl (C=O) groups is 2. The molecule has 0 radical (unpaired) electrons. The largest absolute Gasteiger partial charge is 0.457 e. The minimum Gasteiger partial charge on any atom is -0.457 e. The Bertz CT molecular complexity index is 4080. The van der Waals surface area contributed by atoms with Crippen molar-refractivity contribution in [1.82, 2.24) is 0 Å². The van der Waals surface area contributed by atoms with E-state index in [0.717, 1.165) is 22.1 Å². The molecule has 1 aliphatic rings. The number of benzene rings is 9. The average Bonchev–Trinajstić information content (AvgIpc) is 3.39. The van der Waals surface area contributed by atoms with E-state index in [1.165, 1.54) is 65.6 Å². The summed E-state index contributed by atoms with van der Waals surface area (Å²) in [4.78, 5) is 31.6. The molecule has 0 saturated carbocycles. The van der Waals surface area contributed by atoms with Crippen molar-refractivity contribution in [1.29, 1.82) is 0 Å². The van der Waals surface area contributed by atoms with Crippen molar-refractivity contribution in [2.45, 2.75) is 80.4 Å². The first kappa shape index (κ1) is 51.8. The normalized spacial score (nSPS) is 13.1. The summed E-state index contributed by atoms with van der Waals surface area (Å²) in [5.74, 6) is 5.74. The van der Waals surface area contributed by atoms with E-state index in [9.17, 15) is 34.4 Å².